The average Bonchev–Trinajstić information content (AvgIpc) is 3.00. The number of aldehydes is 1. The van der Waals surface area contributed by atoms with Gasteiger partial charge in [-0.05, 0) is 50.4 Å². The first kappa shape index (κ1) is 21.1. The van der Waals surface area contributed by atoms with Gasteiger partial charge in [0.05, 0.1) is 30.8 Å². The second-order valence-corrected chi connectivity index (χ2v) is 12.3. The molecule has 1 saturated heterocycles. The molecule has 0 amide bonds. The SMILES string of the molecule is CC1(C)COC2(C[C@]3(O)CC[C@@H]4C(=CC[C@]5(C)[C@@H](O)CC[C@@H]45)[C@@]3(C)CC2C=O)OC1. The maximum Gasteiger partial charge on any atom is 0.180 e. The zero-order valence-corrected chi connectivity index (χ0v) is 18.9. The van der Waals surface area contributed by atoms with Crippen LogP contribution in [0.4, 0.5) is 0 Å². The Balaban J connectivity index is 1.50. The van der Waals surface area contributed by atoms with Crippen LogP contribution in [0, 0.1) is 34.0 Å². The smallest absolute Gasteiger partial charge is 0.180 e. The number of fused-ring (bicyclic) bond motifs is 5. The van der Waals surface area contributed by atoms with Crippen LogP contribution in [0.25, 0.3) is 0 Å². The van der Waals surface area contributed by atoms with E-state index in [-0.39, 0.29) is 22.9 Å². The van der Waals surface area contributed by atoms with Gasteiger partial charge < -0.3 is 24.5 Å². The van der Waals surface area contributed by atoms with Crippen LogP contribution in [0.15, 0.2) is 11.6 Å². The minimum absolute atomic E-state index is 0.0545. The van der Waals surface area contributed by atoms with E-state index in [1.165, 1.54) is 5.57 Å². The number of allylic oxidation sites excluding steroid dienone is 1. The Bertz CT molecular complexity index is 764. The largest absolute Gasteiger partial charge is 0.393 e. The Morgan fingerprint density at radius 1 is 1.10 bits per heavy atom. The first-order valence-electron chi connectivity index (χ1n) is 11.8. The van der Waals surface area contributed by atoms with Crippen LogP contribution in [0.2, 0.25) is 0 Å². The van der Waals surface area contributed by atoms with E-state index in [2.05, 4.69) is 33.8 Å². The molecule has 7 atom stereocenters. The van der Waals surface area contributed by atoms with E-state index < -0.39 is 16.8 Å². The van der Waals surface area contributed by atoms with E-state index in [1.54, 1.807) is 0 Å². The van der Waals surface area contributed by atoms with Gasteiger partial charge in [0.2, 0.25) is 0 Å². The highest BCUT2D eigenvalue weighted by atomic mass is 16.7. The quantitative estimate of drug-likeness (QED) is 0.502. The Morgan fingerprint density at radius 2 is 1.80 bits per heavy atom. The van der Waals surface area contributed by atoms with Crippen LogP contribution in [-0.2, 0) is 14.3 Å². The molecule has 4 fully saturated rings. The van der Waals surface area contributed by atoms with Crippen LogP contribution in [0.1, 0.15) is 72.6 Å². The molecule has 0 aromatic carbocycles. The molecule has 0 radical (unpaired) electrons. The summed E-state index contributed by atoms with van der Waals surface area (Å²) >= 11 is 0. The van der Waals surface area contributed by atoms with Crippen LogP contribution < -0.4 is 0 Å². The summed E-state index contributed by atoms with van der Waals surface area (Å²) < 4.78 is 12.5. The van der Waals surface area contributed by atoms with Gasteiger partial charge in [0, 0.05) is 22.7 Å². The fourth-order valence-corrected chi connectivity index (χ4v) is 7.73. The summed E-state index contributed by atoms with van der Waals surface area (Å²) in [5, 5.41) is 22.7. The molecule has 4 aliphatic carbocycles. The molecular weight excluding hydrogens is 380 g/mol. The van der Waals surface area contributed by atoms with Gasteiger partial charge in [-0.15, -0.1) is 0 Å². The summed E-state index contributed by atoms with van der Waals surface area (Å²) in [6.07, 6.45) is 8.38. The lowest BCUT2D eigenvalue weighted by molar-refractivity contribution is -0.357. The van der Waals surface area contributed by atoms with Crippen molar-refractivity contribution in [1.29, 1.82) is 0 Å². The minimum Gasteiger partial charge on any atom is -0.393 e. The summed E-state index contributed by atoms with van der Waals surface area (Å²) in [6, 6.07) is 0. The van der Waals surface area contributed by atoms with Gasteiger partial charge in [0.25, 0.3) is 0 Å². The normalized spacial score (nSPS) is 51.5. The maximum atomic E-state index is 12.3. The third kappa shape index (κ3) is 2.65. The molecule has 0 aromatic rings. The molecule has 5 nitrogen and oxygen atoms in total. The third-order valence-electron chi connectivity index (χ3n) is 9.85. The van der Waals surface area contributed by atoms with Gasteiger partial charge in [-0.25, -0.2) is 0 Å². The molecule has 168 valence electrons. The lowest BCUT2D eigenvalue weighted by atomic mass is 9.45. The van der Waals surface area contributed by atoms with Crippen LogP contribution in [0.3, 0.4) is 0 Å². The first-order chi connectivity index (χ1) is 14.0. The zero-order valence-electron chi connectivity index (χ0n) is 18.9. The van der Waals surface area contributed by atoms with E-state index in [0.717, 1.165) is 32.0 Å². The summed E-state index contributed by atoms with van der Waals surface area (Å²) in [5.41, 5.74) is -0.214. The number of hydrogen-bond donors (Lipinski definition) is 2. The van der Waals surface area contributed by atoms with Crippen molar-refractivity contribution in [3.8, 4) is 0 Å². The van der Waals surface area contributed by atoms with Crippen molar-refractivity contribution in [3.63, 3.8) is 0 Å². The molecule has 0 bridgehead atoms. The van der Waals surface area contributed by atoms with Gasteiger partial charge in [0.1, 0.15) is 6.29 Å². The van der Waals surface area contributed by atoms with Crippen molar-refractivity contribution in [3.05, 3.63) is 11.6 Å². The van der Waals surface area contributed by atoms with Gasteiger partial charge >= 0.3 is 0 Å². The number of carbonyl (C=O) groups is 1. The van der Waals surface area contributed by atoms with Gasteiger partial charge in [0.15, 0.2) is 5.79 Å². The highest BCUT2D eigenvalue weighted by molar-refractivity contribution is 5.57. The molecule has 0 aromatic heterocycles. The third-order valence-corrected chi connectivity index (χ3v) is 9.85. The van der Waals surface area contributed by atoms with Gasteiger partial charge in [-0.3, -0.25) is 0 Å². The number of ether oxygens (including phenoxy) is 2. The maximum absolute atomic E-state index is 12.3. The van der Waals surface area contributed by atoms with E-state index >= 15 is 0 Å². The van der Waals surface area contributed by atoms with Crippen LogP contribution in [-0.4, -0.2) is 47.2 Å². The number of aliphatic hydroxyl groups is 2. The summed E-state index contributed by atoms with van der Waals surface area (Å²) in [4.78, 5) is 12.3. The minimum atomic E-state index is -1.01. The average molecular weight is 419 g/mol. The Labute approximate surface area is 180 Å². The van der Waals surface area contributed by atoms with Crippen molar-refractivity contribution in [2.75, 3.05) is 13.2 Å². The van der Waals surface area contributed by atoms with Gasteiger partial charge in [-0.2, -0.15) is 0 Å². The number of rotatable bonds is 1. The molecule has 5 rings (SSSR count). The molecule has 1 unspecified atom stereocenters. The first-order valence-corrected chi connectivity index (χ1v) is 11.8. The summed E-state index contributed by atoms with van der Waals surface area (Å²) in [5.74, 6) is -0.547. The second-order valence-electron chi connectivity index (χ2n) is 12.3. The van der Waals surface area contributed by atoms with Crippen LogP contribution >= 0.6 is 0 Å². The monoisotopic (exact) mass is 418 g/mol. The summed E-state index contributed by atoms with van der Waals surface area (Å²) in [6.45, 7) is 9.67. The van der Waals surface area contributed by atoms with E-state index in [4.69, 9.17) is 9.47 Å². The van der Waals surface area contributed by atoms with Crippen molar-refractivity contribution >= 4 is 6.29 Å². The van der Waals surface area contributed by atoms with E-state index in [1.807, 2.05) is 0 Å². The molecule has 5 heteroatoms. The molecule has 1 aliphatic heterocycles. The number of aliphatic hydroxyl groups excluding tert-OH is 1. The molecular formula is C25H38O5. The number of carbonyl (C=O) groups excluding carboxylic acids is 1. The van der Waals surface area contributed by atoms with E-state index in [0.29, 0.717) is 44.3 Å². The van der Waals surface area contributed by atoms with E-state index in [9.17, 15) is 15.0 Å². The predicted octanol–water partition coefficient (Wildman–Crippen LogP) is 3.62. The molecule has 3 saturated carbocycles. The highest BCUT2D eigenvalue weighted by Crippen LogP contribution is 2.67. The standard InChI is InChI=1S/C25H38O5/c1-21(2)14-29-25(30-15-21)13-24(28)10-7-17-18-5-6-20(27)22(18,3)9-8-19(17)23(24,4)11-16(25)12-26/h8,12,16-18,20,27-28H,5-7,9-11,13-15H2,1-4H3/t16?,17-,18-,20-,22-,23+,24+/m0/s1. The van der Waals surface area contributed by atoms with Gasteiger partial charge in [-0.1, -0.05) is 39.3 Å². The predicted molar refractivity (Wildman–Crippen MR) is 113 cm³/mol. The Hall–Kier alpha value is -0.750. The molecule has 5 aliphatic rings. The summed E-state index contributed by atoms with van der Waals surface area (Å²) in [7, 11) is 0. The fraction of sp³-hybridized carbons (Fsp3) is 0.880. The molecule has 30 heavy (non-hydrogen) atoms. The van der Waals surface area contributed by atoms with Crippen molar-refractivity contribution in [2.24, 2.45) is 34.0 Å². The highest BCUT2D eigenvalue weighted by Gasteiger charge is 2.67. The zero-order chi connectivity index (χ0) is 21.6. The Kier molecular flexibility index (Phi) is 4.50. The lowest BCUT2D eigenvalue weighted by Gasteiger charge is -2.64. The van der Waals surface area contributed by atoms with Crippen molar-refractivity contribution < 1.29 is 24.5 Å². The van der Waals surface area contributed by atoms with Crippen molar-refractivity contribution in [2.45, 2.75) is 90.1 Å². The number of hydrogen-bond acceptors (Lipinski definition) is 5. The second kappa shape index (κ2) is 6.40. The Morgan fingerprint density at radius 3 is 2.47 bits per heavy atom. The molecule has 1 heterocycles. The molecule has 1 spiro atoms. The molecule has 2 N–H and O–H groups in total. The lowest BCUT2D eigenvalue weighted by Crippen LogP contribution is -2.67. The topological polar surface area (TPSA) is 76.0 Å². The van der Waals surface area contributed by atoms with Crippen molar-refractivity contribution in [1.82, 2.24) is 0 Å². The fourth-order valence-electron chi connectivity index (χ4n) is 7.73. The van der Waals surface area contributed by atoms with Crippen LogP contribution in [0.5, 0.6) is 0 Å².